The summed E-state index contributed by atoms with van der Waals surface area (Å²) in [5, 5.41) is 17.8. The molecule has 2 aromatic rings. The molecule has 0 saturated heterocycles. The smallest absolute Gasteiger partial charge is 0.112 e. The summed E-state index contributed by atoms with van der Waals surface area (Å²) in [5.74, 6) is 0.529. The Hall–Kier alpha value is -1.68. The molecule has 1 N–H and O–H groups in total. The van der Waals surface area contributed by atoms with Crippen LogP contribution >= 0.6 is 0 Å². The third-order valence-corrected chi connectivity index (χ3v) is 4.07. The van der Waals surface area contributed by atoms with Crippen molar-refractivity contribution in [3.63, 3.8) is 0 Å². The Morgan fingerprint density at radius 3 is 2.74 bits per heavy atom. The molecule has 4 heteroatoms. The predicted octanol–water partition coefficient (Wildman–Crippen LogP) is 2.39. The van der Waals surface area contributed by atoms with E-state index in [2.05, 4.69) is 35.4 Å². The monoisotopic (exact) mass is 257 g/mol. The van der Waals surface area contributed by atoms with Crippen molar-refractivity contribution in [1.82, 2.24) is 15.0 Å². The number of nitrogens with zero attached hydrogens (tertiary/aromatic N) is 3. The van der Waals surface area contributed by atoms with Gasteiger partial charge in [0.25, 0.3) is 0 Å². The van der Waals surface area contributed by atoms with E-state index in [-0.39, 0.29) is 6.61 Å². The SMILES string of the molecule is Cc1ccccc1Cn1nnc(CO)c1C1CCC1. The molecule has 3 rings (SSSR count). The first-order valence-corrected chi connectivity index (χ1v) is 6.87. The molecule has 1 aliphatic rings. The highest BCUT2D eigenvalue weighted by atomic mass is 16.3. The molecule has 1 saturated carbocycles. The fourth-order valence-corrected chi connectivity index (χ4v) is 2.66. The number of aryl methyl sites for hydroxylation is 1. The summed E-state index contributed by atoms with van der Waals surface area (Å²) in [6.45, 7) is 2.84. The van der Waals surface area contributed by atoms with Crippen LogP contribution in [0.15, 0.2) is 24.3 Å². The van der Waals surface area contributed by atoms with Gasteiger partial charge in [0.2, 0.25) is 0 Å². The van der Waals surface area contributed by atoms with E-state index in [1.807, 2.05) is 10.7 Å². The topological polar surface area (TPSA) is 50.9 Å². The first-order chi connectivity index (χ1) is 9.29. The second-order valence-corrected chi connectivity index (χ2v) is 5.29. The van der Waals surface area contributed by atoms with Crippen LogP contribution in [-0.2, 0) is 13.2 Å². The number of rotatable bonds is 4. The van der Waals surface area contributed by atoms with Crippen molar-refractivity contribution in [2.75, 3.05) is 0 Å². The number of aromatic nitrogens is 3. The van der Waals surface area contributed by atoms with Crippen molar-refractivity contribution in [3.8, 4) is 0 Å². The third kappa shape index (κ3) is 2.28. The summed E-state index contributed by atoms with van der Waals surface area (Å²) < 4.78 is 1.97. The van der Waals surface area contributed by atoms with E-state index in [0.29, 0.717) is 5.92 Å². The second-order valence-electron chi connectivity index (χ2n) is 5.29. The van der Waals surface area contributed by atoms with E-state index in [9.17, 15) is 5.11 Å². The Morgan fingerprint density at radius 2 is 2.11 bits per heavy atom. The molecule has 1 aromatic carbocycles. The number of aliphatic hydroxyl groups is 1. The van der Waals surface area contributed by atoms with E-state index >= 15 is 0 Å². The van der Waals surface area contributed by atoms with Crippen LogP contribution < -0.4 is 0 Å². The summed E-state index contributed by atoms with van der Waals surface area (Å²) in [6, 6.07) is 8.34. The Bertz CT molecular complexity index is 573. The summed E-state index contributed by atoms with van der Waals surface area (Å²) >= 11 is 0. The molecule has 0 radical (unpaired) electrons. The van der Waals surface area contributed by atoms with Crippen LogP contribution in [0.1, 0.15) is 47.7 Å². The van der Waals surface area contributed by atoms with Gasteiger partial charge in [-0.1, -0.05) is 35.9 Å². The number of hydrogen-bond donors (Lipinski definition) is 1. The molecule has 100 valence electrons. The van der Waals surface area contributed by atoms with Crippen LogP contribution in [0, 0.1) is 6.92 Å². The number of benzene rings is 1. The second kappa shape index (κ2) is 5.13. The number of aliphatic hydroxyl groups excluding tert-OH is 1. The molecule has 0 spiro atoms. The fraction of sp³-hybridized carbons (Fsp3) is 0.467. The minimum atomic E-state index is -0.0143. The highest BCUT2D eigenvalue weighted by molar-refractivity contribution is 5.27. The zero-order valence-corrected chi connectivity index (χ0v) is 11.2. The molecule has 1 aliphatic carbocycles. The average Bonchev–Trinajstić information content (AvgIpc) is 2.73. The Morgan fingerprint density at radius 1 is 1.32 bits per heavy atom. The molecule has 19 heavy (non-hydrogen) atoms. The fourth-order valence-electron chi connectivity index (χ4n) is 2.66. The van der Waals surface area contributed by atoms with Gasteiger partial charge in [0.1, 0.15) is 5.69 Å². The zero-order valence-electron chi connectivity index (χ0n) is 11.2. The van der Waals surface area contributed by atoms with Gasteiger partial charge >= 0.3 is 0 Å². The molecule has 1 aromatic heterocycles. The molecule has 0 bridgehead atoms. The molecule has 0 unspecified atom stereocenters. The Balaban J connectivity index is 1.92. The lowest BCUT2D eigenvalue weighted by molar-refractivity contribution is 0.271. The van der Waals surface area contributed by atoms with Gasteiger partial charge in [0, 0.05) is 5.92 Å². The van der Waals surface area contributed by atoms with Gasteiger partial charge < -0.3 is 5.11 Å². The molecule has 0 amide bonds. The lowest BCUT2D eigenvalue weighted by atomic mass is 9.82. The van der Waals surface area contributed by atoms with E-state index in [1.54, 1.807) is 0 Å². The normalized spacial score (nSPS) is 15.5. The third-order valence-electron chi connectivity index (χ3n) is 4.07. The van der Waals surface area contributed by atoms with Crippen molar-refractivity contribution in [2.24, 2.45) is 0 Å². The maximum absolute atomic E-state index is 9.41. The van der Waals surface area contributed by atoms with E-state index in [1.165, 1.54) is 30.4 Å². The van der Waals surface area contributed by atoms with Crippen LogP contribution in [0.25, 0.3) is 0 Å². The standard InChI is InChI=1S/C15H19N3O/c1-11-5-2-3-6-13(11)9-18-15(12-7-4-8-12)14(10-19)16-17-18/h2-3,5-6,12,19H,4,7-10H2,1H3. The summed E-state index contributed by atoms with van der Waals surface area (Å²) in [6.07, 6.45) is 3.65. The zero-order chi connectivity index (χ0) is 13.2. The minimum Gasteiger partial charge on any atom is -0.390 e. The van der Waals surface area contributed by atoms with E-state index in [0.717, 1.165) is 17.9 Å². The largest absolute Gasteiger partial charge is 0.390 e. The van der Waals surface area contributed by atoms with Crippen LogP contribution in [0.4, 0.5) is 0 Å². The first kappa shape index (κ1) is 12.4. The van der Waals surface area contributed by atoms with Gasteiger partial charge in [-0.05, 0) is 30.9 Å². The maximum atomic E-state index is 9.41. The van der Waals surface area contributed by atoms with Gasteiger partial charge in [0.05, 0.1) is 18.8 Å². The Labute approximate surface area is 113 Å². The van der Waals surface area contributed by atoms with Crippen LogP contribution in [-0.4, -0.2) is 20.1 Å². The lowest BCUT2D eigenvalue weighted by Crippen LogP contribution is -2.17. The first-order valence-electron chi connectivity index (χ1n) is 6.87. The van der Waals surface area contributed by atoms with E-state index < -0.39 is 0 Å². The minimum absolute atomic E-state index is 0.0143. The summed E-state index contributed by atoms with van der Waals surface area (Å²) in [7, 11) is 0. The quantitative estimate of drug-likeness (QED) is 0.915. The van der Waals surface area contributed by atoms with Crippen LogP contribution in [0.3, 0.4) is 0 Å². The van der Waals surface area contributed by atoms with E-state index in [4.69, 9.17) is 0 Å². The maximum Gasteiger partial charge on any atom is 0.112 e. The van der Waals surface area contributed by atoms with Gasteiger partial charge in [-0.25, -0.2) is 4.68 Å². The van der Waals surface area contributed by atoms with Crippen LogP contribution in [0.2, 0.25) is 0 Å². The molecular formula is C15H19N3O. The van der Waals surface area contributed by atoms with Gasteiger partial charge in [-0.15, -0.1) is 5.10 Å². The van der Waals surface area contributed by atoms with Crippen molar-refractivity contribution in [1.29, 1.82) is 0 Å². The summed E-state index contributed by atoms with van der Waals surface area (Å²) in [4.78, 5) is 0. The van der Waals surface area contributed by atoms with Crippen molar-refractivity contribution >= 4 is 0 Å². The molecule has 0 aliphatic heterocycles. The van der Waals surface area contributed by atoms with Crippen molar-refractivity contribution in [2.45, 2.75) is 45.3 Å². The molecule has 4 nitrogen and oxygen atoms in total. The van der Waals surface area contributed by atoms with Gasteiger partial charge in [-0.3, -0.25) is 0 Å². The molecule has 1 heterocycles. The van der Waals surface area contributed by atoms with Crippen molar-refractivity contribution < 1.29 is 5.11 Å². The molecule has 1 fully saturated rings. The van der Waals surface area contributed by atoms with Gasteiger partial charge in [-0.2, -0.15) is 0 Å². The summed E-state index contributed by atoms with van der Waals surface area (Å²) in [5.41, 5.74) is 4.41. The van der Waals surface area contributed by atoms with Gasteiger partial charge in [0.15, 0.2) is 0 Å². The highest BCUT2D eigenvalue weighted by Gasteiger charge is 2.27. The molecular weight excluding hydrogens is 238 g/mol. The lowest BCUT2D eigenvalue weighted by Gasteiger charge is -2.26. The molecule has 0 atom stereocenters. The Kier molecular flexibility index (Phi) is 3.34. The van der Waals surface area contributed by atoms with Crippen molar-refractivity contribution in [3.05, 3.63) is 46.8 Å². The predicted molar refractivity (Wildman–Crippen MR) is 72.8 cm³/mol. The average molecular weight is 257 g/mol. The highest BCUT2D eigenvalue weighted by Crippen LogP contribution is 2.37. The number of hydrogen-bond acceptors (Lipinski definition) is 3. The van der Waals surface area contributed by atoms with Crippen LogP contribution in [0.5, 0.6) is 0 Å².